The fourth-order valence-corrected chi connectivity index (χ4v) is 3.49. The molecule has 3 rings (SSSR count). The van der Waals surface area contributed by atoms with E-state index in [0.717, 1.165) is 5.56 Å². The van der Waals surface area contributed by atoms with Gasteiger partial charge in [-0.1, -0.05) is 36.0 Å². The first kappa shape index (κ1) is 21.2. The van der Waals surface area contributed by atoms with Gasteiger partial charge in [0.1, 0.15) is 11.6 Å². The van der Waals surface area contributed by atoms with Crippen molar-refractivity contribution in [2.24, 2.45) is 0 Å². The van der Waals surface area contributed by atoms with Gasteiger partial charge in [-0.05, 0) is 30.3 Å². The molecule has 1 heterocycles. The van der Waals surface area contributed by atoms with E-state index in [1.807, 2.05) is 4.57 Å². The number of aliphatic hydroxyl groups excluding tert-OH is 1. The fourth-order valence-electron chi connectivity index (χ4n) is 2.64. The van der Waals surface area contributed by atoms with E-state index in [4.69, 9.17) is 4.74 Å². The number of ether oxygens (including phenoxy) is 1. The molecule has 3 aromatic rings. The maximum atomic E-state index is 13.6. The highest BCUT2D eigenvalue weighted by Crippen LogP contribution is 2.25. The minimum Gasteiger partial charge on any atom is -0.390 e. The van der Waals surface area contributed by atoms with Gasteiger partial charge in [0.05, 0.1) is 19.3 Å². The Labute approximate surface area is 172 Å². The van der Waals surface area contributed by atoms with Crippen LogP contribution in [0.2, 0.25) is 0 Å². The average Bonchev–Trinajstić information content (AvgIpc) is 3.11. The van der Waals surface area contributed by atoms with Gasteiger partial charge in [-0.3, -0.25) is 4.57 Å². The predicted octanol–water partition coefficient (Wildman–Crippen LogP) is 4.08. The number of hydrogen-bond donors (Lipinski definition) is 1. The second-order valence-electron chi connectivity index (χ2n) is 6.28. The van der Waals surface area contributed by atoms with Gasteiger partial charge >= 0.3 is 0 Å². The number of aliphatic hydroxyl groups is 1. The summed E-state index contributed by atoms with van der Waals surface area (Å²) in [5.41, 5.74) is 1.18. The number of aromatic nitrogens is 3. The first-order valence-corrected chi connectivity index (χ1v) is 9.99. The highest BCUT2D eigenvalue weighted by atomic mass is 32.2. The van der Waals surface area contributed by atoms with E-state index in [0.29, 0.717) is 28.8 Å². The summed E-state index contributed by atoms with van der Waals surface area (Å²) in [6.45, 7) is 4.39. The lowest BCUT2D eigenvalue weighted by molar-refractivity contribution is 0.0386. The Morgan fingerprint density at radius 1 is 1.14 bits per heavy atom. The van der Waals surface area contributed by atoms with Gasteiger partial charge < -0.3 is 9.84 Å². The number of rotatable bonds is 10. The normalized spacial score (nSPS) is 12.1. The van der Waals surface area contributed by atoms with Crippen LogP contribution >= 0.6 is 11.8 Å². The molecule has 8 heteroatoms. The van der Waals surface area contributed by atoms with Crippen LogP contribution in [0.25, 0.3) is 11.4 Å². The van der Waals surface area contributed by atoms with E-state index in [1.165, 1.54) is 30.0 Å². The van der Waals surface area contributed by atoms with Crippen LogP contribution in [-0.2, 0) is 17.9 Å². The third-order valence-corrected chi connectivity index (χ3v) is 5.17. The Hall–Kier alpha value is -2.55. The van der Waals surface area contributed by atoms with E-state index in [-0.39, 0.29) is 24.8 Å². The molecule has 1 aromatic heterocycles. The van der Waals surface area contributed by atoms with Crippen LogP contribution in [0, 0.1) is 11.6 Å². The van der Waals surface area contributed by atoms with Gasteiger partial charge in [0, 0.05) is 23.4 Å². The van der Waals surface area contributed by atoms with E-state index < -0.39 is 6.10 Å². The lowest BCUT2D eigenvalue weighted by Crippen LogP contribution is -2.18. The van der Waals surface area contributed by atoms with Crippen LogP contribution in [0.3, 0.4) is 0 Å². The molecule has 0 aliphatic heterocycles. The van der Waals surface area contributed by atoms with Crippen molar-refractivity contribution >= 4 is 11.8 Å². The Kier molecular flexibility index (Phi) is 7.51. The van der Waals surface area contributed by atoms with Crippen molar-refractivity contribution in [3.05, 3.63) is 78.4 Å². The largest absolute Gasteiger partial charge is 0.390 e. The number of allylic oxidation sites excluding steroid dienone is 1. The van der Waals surface area contributed by atoms with Gasteiger partial charge in [-0.2, -0.15) is 0 Å². The quantitative estimate of drug-likeness (QED) is 0.398. The lowest BCUT2D eigenvalue weighted by atomic mass is 10.2. The summed E-state index contributed by atoms with van der Waals surface area (Å²) in [7, 11) is 0. The summed E-state index contributed by atoms with van der Waals surface area (Å²) >= 11 is 1.33. The summed E-state index contributed by atoms with van der Waals surface area (Å²) in [4.78, 5) is 0. The number of nitrogens with zero attached hydrogens (tertiary/aromatic N) is 3. The Balaban J connectivity index is 1.57. The third-order valence-electron chi connectivity index (χ3n) is 4.06. The van der Waals surface area contributed by atoms with Crippen LogP contribution in [0.4, 0.5) is 8.78 Å². The molecule has 0 amide bonds. The standard InChI is InChI=1S/C21H21F2N3O2S/c1-2-11-26-20(15-7-9-17(22)10-8-15)24-25-21(26)29-14-18(27)13-28-12-16-5-3-4-6-19(16)23/h2-10,18,27H,1,11-14H2/t18-/m1/s1. The maximum absolute atomic E-state index is 13.6. The number of halogens is 2. The minimum absolute atomic E-state index is 0.0712. The van der Waals surface area contributed by atoms with Gasteiger partial charge in [-0.15, -0.1) is 16.8 Å². The molecule has 152 valence electrons. The Bertz CT molecular complexity index is 947. The Morgan fingerprint density at radius 3 is 2.62 bits per heavy atom. The third kappa shape index (κ3) is 5.72. The average molecular weight is 417 g/mol. The molecule has 0 unspecified atom stereocenters. The van der Waals surface area contributed by atoms with Crippen LogP contribution in [0.15, 0.2) is 66.3 Å². The molecule has 5 nitrogen and oxygen atoms in total. The van der Waals surface area contributed by atoms with Gasteiger partial charge in [-0.25, -0.2) is 8.78 Å². The van der Waals surface area contributed by atoms with Crippen LogP contribution in [0.5, 0.6) is 0 Å². The molecule has 2 aromatic carbocycles. The first-order chi connectivity index (χ1) is 14.1. The fraction of sp³-hybridized carbons (Fsp3) is 0.238. The van der Waals surface area contributed by atoms with E-state index in [1.54, 1.807) is 36.4 Å². The topological polar surface area (TPSA) is 60.2 Å². The van der Waals surface area contributed by atoms with Gasteiger partial charge in [0.15, 0.2) is 11.0 Å². The van der Waals surface area contributed by atoms with Crippen molar-refractivity contribution in [2.45, 2.75) is 24.4 Å². The van der Waals surface area contributed by atoms with Crippen molar-refractivity contribution in [2.75, 3.05) is 12.4 Å². The summed E-state index contributed by atoms with van der Waals surface area (Å²) in [5, 5.41) is 19.2. The SMILES string of the molecule is C=CCn1c(SC[C@H](O)COCc2ccccc2F)nnc1-c1ccc(F)cc1. The monoisotopic (exact) mass is 417 g/mol. The zero-order valence-corrected chi connectivity index (χ0v) is 16.5. The molecular weight excluding hydrogens is 396 g/mol. The van der Waals surface area contributed by atoms with E-state index in [2.05, 4.69) is 16.8 Å². The number of hydrogen-bond acceptors (Lipinski definition) is 5. The second-order valence-corrected chi connectivity index (χ2v) is 7.27. The molecule has 0 fully saturated rings. The first-order valence-electron chi connectivity index (χ1n) is 9.00. The molecule has 0 aliphatic rings. The predicted molar refractivity (Wildman–Crippen MR) is 108 cm³/mol. The minimum atomic E-state index is -0.755. The zero-order chi connectivity index (χ0) is 20.6. The highest BCUT2D eigenvalue weighted by Gasteiger charge is 2.15. The van der Waals surface area contributed by atoms with Crippen LogP contribution in [-0.4, -0.2) is 38.3 Å². The number of thioether (sulfide) groups is 1. The molecule has 0 radical (unpaired) electrons. The van der Waals surface area contributed by atoms with Crippen molar-refractivity contribution in [1.82, 2.24) is 14.8 Å². The molecule has 0 spiro atoms. The Morgan fingerprint density at radius 2 is 1.90 bits per heavy atom. The molecular formula is C21H21F2N3O2S. The molecule has 1 N–H and O–H groups in total. The maximum Gasteiger partial charge on any atom is 0.191 e. The summed E-state index contributed by atoms with van der Waals surface area (Å²) in [5.74, 6) is 0.271. The highest BCUT2D eigenvalue weighted by molar-refractivity contribution is 7.99. The van der Waals surface area contributed by atoms with Crippen molar-refractivity contribution < 1.29 is 18.6 Å². The number of benzene rings is 2. The van der Waals surface area contributed by atoms with Gasteiger partial charge in [0.2, 0.25) is 0 Å². The van der Waals surface area contributed by atoms with Crippen molar-refractivity contribution in [3.63, 3.8) is 0 Å². The van der Waals surface area contributed by atoms with Crippen LogP contribution < -0.4 is 0 Å². The van der Waals surface area contributed by atoms with E-state index >= 15 is 0 Å². The van der Waals surface area contributed by atoms with Crippen molar-refractivity contribution in [1.29, 1.82) is 0 Å². The van der Waals surface area contributed by atoms with Crippen LogP contribution in [0.1, 0.15) is 5.56 Å². The van der Waals surface area contributed by atoms with E-state index in [9.17, 15) is 13.9 Å². The summed E-state index contributed by atoms with van der Waals surface area (Å²) in [6, 6.07) is 12.4. The molecule has 0 saturated carbocycles. The molecule has 0 aliphatic carbocycles. The summed E-state index contributed by atoms with van der Waals surface area (Å²) < 4.78 is 34.0. The second kappa shape index (κ2) is 10.3. The zero-order valence-electron chi connectivity index (χ0n) is 15.7. The van der Waals surface area contributed by atoms with Crippen molar-refractivity contribution in [3.8, 4) is 11.4 Å². The lowest BCUT2D eigenvalue weighted by Gasteiger charge is -2.12. The summed E-state index contributed by atoms with van der Waals surface area (Å²) in [6.07, 6.45) is 0.962. The molecule has 1 atom stereocenters. The molecule has 0 saturated heterocycles. The smallest absolute Gasteiger partial charge is 0.191 e. The van der Waals surface area contributed by atoms with Gasteiger partial charge in [0.25, 0.3) is 0 Å². The molecule has 29 heavy (non-hydrogen) atoms. The molecule has 0 bridgehead atoms.